The summed E-state index contributed by atoms with van der Waals surface area (Å²) in [5.74, 6) is -2.38. The number of fused-ring (bicyclic) bond motifs is 1. The maximum Gasteiger partial charge on any atom is 0.407 e. The number of hydrogen-bond donors (Lipinski definition) is 3. The summed E-state index contributed by atoms with van der Waals surface area (Å²) in [5, 5.41) is 15.6. The first-order valence-corrected chi connectivity index (χ1v) is 13.8. The van der Waals surface area contributed by atoms with Crippen LogP contribution in [0.3, 0.4) is 0 Å². The molecule has 16 heteroatoms. The van der Waals surface area contributed by atoms with Gasteiger partial charge in [-0.2, -0.15) is 0 Å². The summed E-state index contributed by atoms with van der Waals surface area (Å²) in [7, 11) is -3.82. The van der Waals surface area contributed by atoms with Gasteiger partial charge in [0.1, 0.15) is 17.6 Å². The average molecular weight is 594 g/mol. The van der Waals surface area contributed by atoms with Gasteiger partial charge in [-0.05, 0) is 39.8 Å². The molecule has 4 N–H and O–H groups in total. The van der Waals surface area contributed by atoms with E-state index in [4.69, 9.17) is 34.5 Å². The lowest BCUT2D eigenvalue weighted by Crippen LogP contribution is -2.24. The van der Waals surface area contributed by atoms with Crippen LogP contribution in [-0.4, -0.2) is 66.9 Å². The van der Waals surface area contributed by atoms with Gasteiger partial charge in [0.15, 0.2) is 17.8 Å². The molecule has 2 unspecified atom stereocenters. The number of esters is 1. The fourth-order valence-corrected chi connectivity index (χ4v) is 4.11. The summed E-state index contributed by atoms with van der Waals surface area (Å²) in [5.41, 5.74) is 6.15. The zero-order chi connectivity index (χ0) is 30.6. The van der Waals surface area contributed by atoms with Crippen molar-refractivity contribution in [2.24, 2.45) is 5.41 Å². The number of anilines is 1. The van der Waals surface area contributed by atoms with E-state index in [-0.39, 0.29) is 12.2 Å². The molecular weight excluding hydrogens is 561 g/mol. The molecule has 0 saturated heterocycles. The predicted molar refractivity (Wildman–Crippen MR) is 146 cm³/mol. The van der Waals surface area contributed by atoms with Gasteiger partial charge in [0.25, 0.3) is 0 Å². The van der Waals surface area contributed by atoms with E-state index in [2.05, 4.69) is 15.0 Å². The maximum absolute atomic E-state index is 13.4. The molecule has 0 aliphatic rings. The third-order valence-electron chi connectivity index (χ3n) is 4.81. The predicted octanol–water partition coefficient (Wildman–Crippen LogP) is 3.32. The first-order valence-electron chi connectivity index (χ1n) is 12.0. The number of nitrogens with zero attached hydrogens (tertiary/aromatic N) is 4. The fourth-order valence-electron chi connectivity index (χ4n) is 2.83. The Hall–Kier alpha value is -4.33. The number of carboxylic acid groups (broad SMARTS) is 2. The summed E-state index contributed by atoms with van der Waals surface area (Å²) in [4.78, 5) is 43.4. The van der Waals surface area contributed by atoms with Crippen LogP contribution in [0.4, 0.5) is 5.82 Å². The second kappa shape index (κ2) is 14.9. The van der Waals surface area contributed by atoms with Crippen LogP contribution in [0.1, 0.15) is 27.7 Å². The zero-order valence-electron chi connectivity index (χ0n) is 22.9. The molecule has 0 fully saturated rings. The maximum atomic E-state index is 13.4. The second-order valence-electron chi connectivity index (χ2n) is 9.39. The Morgan fingerprint density at radius 1 is 1.07 bits per heavy atom. The number of aliphatic carboxylic acids is 2. The normalized spacial score (nSPS) is 13.6. The van der Waals surface area contributed by atoms with Gasteiger partial charge in [0, 0.05) is 12.2 Å². The van der Waals surface area contributed by atoms with E-state index in [0.717, 1.165) is 0 Å². The lowest BCUT2D eigenvalue weighted by molar-refractivity contribution is -0.160. The first-order chi connectivity index (χ1) is 19.2. The minimum absolute atomic E-state index is 0.284. The van der Waals surface area contributed by atoms with Crippen molar-refractivity contribution in [3.63, 3.8) is 0 Å². The quantitative estimate of drug-likeness (QED) is 0.119. The lowest BCUT2D eigenvalue weighted by Gasteiger charge is -2.22. The molecule has 0 aliphatic heterocycles. The molecular formula is C25H32N5O10P. The van der Waals surface area contributed by atoms with Crippen LogP contribution in [0.15, 0.2) is 55.1 Å². The standard InChI is InChI=1S/C21H28N5O6P.C4H4O4/c1-15(10-26-12-25-17-18(22)23-11-24-19(17)26)30-14-33(28,32-16-8-6-5-7-9-16)31-13-29-20(27)21(2,3)4;5-3(6)1-2-4(7)8/h5-9,11-12,15H,10,13-14H2,1-4H3,(H2,22,23,24);1-2H,(H,5,6)(H,7,8)/b;2-1+. The number of rotatable bonds is 12. The number of benzene rings is 1. The number of carbonyl (C=O) groups is 3. The van der Waals surface area contributed by atoms with Crippen molar-refractivity contribution >= 4 is 42.5 Å². The number of carbonyl (C=O) groups excluding carboxylic acids is 1. The number of hydrogen-bond acceptors (Lipinski definition) is 12. The molecule has 0 spiro atoms. The molecule has 15 nitrogen and oxygen atoms in total. The number of aromatic nitrogens is 4. The molecule has 41 heavy (non-hydrogen) atoms. The number of para-hydroxylation sites is 1. The summed E-state index contributed by atoms with van der Waals surface area (Å²) in [6.07, 6.45) is 3.28. The second-order valence-corrected chi connectivity index (χ2v) is 11.3. The van der Waals surface area contributed by atoms with Crippen LogP contribution in [-0.2, 0) is 39.5 Å². The summed E-state index contributed by atoms with van der Waals surface area (Å²) in [6, 6.07) is 8.56. The molecule has 0 saturated carbocycles. The van der Waals surface area contributed by atoms with Crippen LogP contribution in [0.2, 0.25) is 0 Å². The van der Waals surface area contributed by atoms with Gasteiger partial charge in [0.2, 0.25) is 6.79 Å². The van der Waals surface area contributed by atoms with E-state index in [0.29, 0.717) is 35.6 Å². The van der Waals surface area contributed by atoms with E-state index in [9.17, 15) is 18.9 Å². The van der Waals surface area contributed by atoms with Gasteiger partial charge in [-0.25, -0.2) is 29.1 Å². The Morgan fingerprint density at radius 3 is 2.29 bits per heavy atom. The van der Waals surface area contributed by atoms with Crippen LogP contribution >= 0.6 is 7.60 Å². The topological polar surface area (TPSA) is 215 Å². The molecule has 2 aromatic heterocycles. The van der Waals surface area contributed by atoms with Crippen molar-refractivity contribution in [3.8, 4) is 5.75 Å². The van der Waals surface area contributed by atoms with Gasteiger partial charge in [-0.15, -0.1) is 0 Å². The van der Waals surface area contributed by atoms with E-state index >= 15 is 0 Å². The van der Waals surface area contributed by atoms with Crippen molar-refractivity contribution in [2.75, 3.05) is 18.9 Å². The number of ether oxygens (including phenoxy) is 2. The van der Waals surface area contributed by atoms with E-state index in [1.165, 1.54) is 6.33 Å². The van der Waals surface area contributed by atoms with E-state index in [1.807, 2.05) is 0 Å². The number of nitrogen functional groups attached to an aromatic ring is 1. The fraction of sp³-hybridized carbons (Fsp3) is 0.360. The van der Waals surface area contributed by atoms with Crippen LogP contribution < -0.4 is 10.3 Å². The molecule has 2 heterocycles. The van der Waals surface area contributed by atoms with Gasteiger partial charge in [-0.1, -0.05) is 18.2 Å². The van der Waals surface area contributed by atoms with Gasteiger partial charge >= 0.3 is 25.5 Å². The lowest BCUT2D eigenvalue weighted by atomic mass is 9.98. The molecule has 0 aliphatic carbocycles. The Bertz CT molecular complexity index is 1390. The van der Waals surface area contributed by atoms with Gasteiger partial charge in [0.05, 0.1) is 24.4 Å². The van der Waals surface area contributed by atoms with Crippen molar-refractivity contribution in [2.45, 2.75) is 40.3 Å². The molecule has 0 bridgehead atoms. The summed E-state index contributed by atoms with van der Waals surface area (Å²) in [6.45, 7) is 6.75. The zero-order valence-corrected chi connectivity index (χ0v) is 23.8. The Morgan fingerprint density at radius 2 is 1.71 bits per heavy atom. The molecule has 0 radical (unpaired) electrons. The number of nitrogens with two attached hydrogens (primary N) is 1. The van der Waals surface area contributed by atoms with Crippen LogP contribution in [0, 0.1) is 5.41 Å². The molecule has 0 amide bonds. The van der Waals surface area contributed by atoms with E-state index in [1.54, 1.807) is 68.9 Å². The Kier molecular flexibility index (Phi) is 11.9. The minimum atomic E-state index is -3.82. The molecule has 2 atom stereocenters. The molecule has 3 aromatic rings. The third-order valence-corrected chi connectivity index (χ3v) is 6.26. The third kappa shape index (κ3) is 11.4. The highest BCUT2D eigenvalue weighted by Gasteiger charge is 2.30. The van der Waals surface area contributed by atoms with Crippen molar-refractivity contribution in [1.29, 1.82) is 0 Å². The molecule has 1 aromatic carbocycles. The smallest absolute Gasteiger partial charge is 0.407 e. The summed E-state index contributed by atoms with van der Waals surface area (Å²) >= 11 is 0. The largest absolute Gasteiger partial charge is 0.478 e. The Balaban J connectivity index is 0.000000642. The number of carboxylic acids is 2. The highest BCUT2D eigenvalue weighted by molar-refractivity contribution is 7.54. The van der Waals surface area contributed by atoms with Crippen molar-refractivity contribution in [3.05, 3.63) is 55.1 Å². The first kappa shape index (κ1) is 32.9. The van der Waals surface area contributed by atoms with Crippen LogP contribution in [0.25, 0.3) is 11.2 Å². The van der Waals surface area contributed by atoms with E-state index < -0.39 is 43.8 Å². The monoisotopic (exact) mass is 593 g/mol. The molecule has 222 valence electrons. The highest BCUT2D eigenvalue weighted by atomic mass is 31.2. The van der Waals surface area contributed by atoms with Crippen molar-refractivity contribution in [1.82, 2.24) is 19.5 Å². The van der Waals surface area contributed by atoms with Crippen LogP contribution in [0.5, 0.6) is 5.75 Å². The van der Waals surface area contributed by atoms with Gasteiger partial charge < -0.3 is 34.5 Å². The minimum Gasteiger partial charge on any atom is -0.478 e. The van der Waals surface area contributed by atoms with Gasteiger partial charge in [-0.3, -0.25) is 9.32 Å². The highest BCUT2D eigenvalue weighted by Crippen LogP contribution is 2.48. The molecule has 3 rings (SSSR count). The van der Waals surface area contributed by atoms with Crippen molar-refractivity contribution < 1.29 is 47.7 Å². The summed E-state index contributed by atoms with van der Waals surface area (Å²) < 4.78 is 37.0. The Labute approximate surface area is 235 Å². The number of imidazole rings is 1. The SMILES string of the molecule is CC(Cn1cnc2c(N)ncnc21)OCP(=O)(OCOC(=O)C(C)(C)C)Oc1ccccc1.O=C(O)/C=C/C(=O)O. The average Bonchev–Trinajstić information content (AvgIpc) is 3.30.